The van der Waals surface area contributed by atoms with Crippen molar-refractivity contribution in [2.75, 3.05) is 26.3 Å². The van der Waals surface area contributed by atoms with Gasteiger partial charge in [0.25, 0.3) is 0 Å². The summed E-state index contributed by atoms with van der Waals surface area (Å²) in [6.45, 7) is 13.3. The summed E-state index contributed by atoms with van der Waals surface area (Å²) >= 11 is 0. The van der Waals surface area contributed by atoms with Crippen molar-refractivity contribution in [1.82, 2.24) is 4.90 Å². The summed E-state index contributed by atoms with van der Waals surface area (Å²) in [6, 6.07) is 0. The highest BCUT2D eigenvalue weighted by molar-refractivity contribution is 4.84. The van der Waals surface area contributed by atoms with Crippen LogP contribution in [0.5, 0.6) is 0 Å². The minimum absolute atomic E-state index is 0.245. The molecule has 2 nitrogen and oxygen atoms in total. The van der Waals surface area contributed by atoms with Gasteiger partial charge in [-0.15, -0.1) is 0 Å². The van der Waals surface area contributed by atoms with E-state index in [0.717, 1.165) is 25.7 Å². The highest BCUT2D eigenvalue weighted by atomic mass is 16.5. The van der Waals surface area contributed by atoms with Gasteiger partial charge in [0, 0.05) is 12.1 Å². The van der Waals surface area contributed by atoms with Gasteiger partial charge >= 0.3 is 0 Å². The molecular formula is C12H25NO. The van der Waals surface area contributed by atoms with E-state index < -0.39 is 0 Å². The molecule has 0 aliphatic carbocycles. The van der Waals surface area contributed by atoms with Crippen LogP contribution in [0.1, 0.15) is 40.5 Å². The van der Waals surface area contributed by atoms with E-state index in [1.165, 1.54) is 19.4 Å². The fraction of sp³-hybridized carbons (Fsp3) is 1.00. The van der Waals surface area contributed by atoms with Gasteiger partial charge in [-0.3, -0.25) is 4.90 Å². The van der Waals surface area contributed by atoms with E-state index in [1.54, 1.807) is 0 Å². The van der Waals surface area contributed by atoms with Crippen molar-refractivity contribution < 1.29 is 4.74 Å². The van der Waals surface area contributed by atoms with E-state index in [4.69, 9.17) is 4.74 Å². The molecule has 84 valence electrons. The van der Waals surface area contributed by atoms with E-state index in [1.807, 2.05) is 0 Å². The van der Waals surface area contributed by atoms with Gasteiger partial charge in [0.2, 0.25) is 0 Å². The predicted molar refractivity (Wildman–Crippen MR) is 60.5 cm³/mol. The largest absolute Gasteiger partial charge is 0.378 e. The Labute approximate surface area is 88.6 Å². The molecule has 0 saturated carbocycles. The maximum Gasteiger partial charge on any atom is 0.0645 e. The fourth-order valence-corrected chi connectivity index (χ4v) is 2.00. The van der Waals surface area contributed by atoms with E-state index in [-0.39, 0.29) is 5.54 Å². The molecule has 14 heavy (non-hydrogen) atoms. The van der Waals surface area contributed by atoms with E-state index in [9.17, 15) is 0 Å². The normalized spacial score (nSPS) is 22.9. The summed E-state index contributed by atoms with van der Waals surface area (Å²) in [7, 11) is 0. The first-order valence-electron chi connectivity index (χ1n) is 5.85. The highest BCUT2D eigenvalue weighted by Gasteiger charge is 2.29. The van der Waals surface area contributed by atoms with Crippen LogP contribution in [0.25, 0.3) is 0 Å². The molecule has 0 aromatic carbocycles. The molecule has 0 atom stereocenters. The monoisotopic (exact) mass is 199 g/mol. The Morgan fingerprint density at radius 3 is 2.64 bits per heavy atom. The number of rotatable bonds is 4. The molecular weight excluding hydrogens is 174 g/mol. The average molecular weight is 199 g/mol. The van der Waals surface area contributed by atoms with Gasteiger partial charge in [-0.25, -0.2) is 0 Å². The Morgan fingerprint density at radius 2 is 2.07 bits per heavy atom. The van der Waals surface area contributed by atoms with Gasteiger partial charge in [0.05, 0.1) is 13.2 Å². The molecule has 1 rings (SSSR count). The van der Waals surface area contributed by atoms with Gasteiger partial charge < -0.3 is 4.74 Å². The Bertz CT molecular complexity index is 166. The molecule has 0 bridgehead atoms. The van der Waals surface area contributed by atoms with Crippen LogP contribution in [-0.4, -0.2) is 36.7 Å². The van der Waals surface area contributed by atoms with Gasteiger partial charge in [0.15, 0.2) is 0 Å². The summed E-state index contributed by atoms with van der Waals surface area (Å²) in [5.74, 6) is 0.833. The molecule has 0 unspecified atom stereocenters. The third-order valence-electron chi connectivity index (χ3n) is 3.03. The second kappa shape index (κ2) is 5.13. The lowest BCUT2D eigenvalue weighted by atomic mass is 10.0. The smallest absolute Gasteiger partial charge is 0.0645 e. The van der Waals surface area contributed by atoms with Gasteiger partial charge in [-0.05, 0) is 39.2 Å². The van der Waals surface area contributed by atoms with Crippen LogP contribution in [0.15, 0.2) is 0 Å². The van der Waals surface area contributed by atoms with Crippen LogP contribution in [0.2, 0.25) is 0 Å². The summed E-state index contributed by atoms with van der Waals surface area (Å²) in [4.78, 5) is 2.57. The number of ether oxygens (including phenoxy) is 1. The molecule has 0 aromatic rings. The maximum atomic E-state index is 5.50. The summed E-state index contributed by atoms with van der Waals surface area (Å²) in [6.07, 6.45) is 2.66. The minimum atomic E-state index is 0.245. The summed E-state index contributed by atoms with van der Waals surface area (Å²) < 4.78 is 5.50. The minimum Gasteiger partial charge on any atom is -0.378 e. The fourth-order valence-electron chi connectivity index (χ4n) is 2.00. The lowest BCUT2D eigenvalue weighted by molar-refractivity contribution is -0.0515. The molecule has 1 aliphatic heterocycles. The van der Waals surface area contributed by atoms with Crippen molar-refractivity contribution in [2.45, 2.75) is 46.1 Å². The molecule has 1 fully saturated rings. The third-order valence-corrected chi connectivity index (χ3v) is 3.03. The van der Waals surface area contributed by atoms with Crippen LogP contribution in [0.3, 0.4) is 0 Å². The maximum absolute atomic E-state index is 5.50. The molecule has 0 aromatic heterocycles. The molecule has 1 aliphatic rings. The summed E-state index contributed by atoms with van der Waals surface area (Å²) in [5.41, 5.74) is 0.245. The van der Waals surface area contributed by atoms with Crippen molar-refractivity contribution in [1.29, 1.82) is 0 Å². The standard InChI is InChI=1S/C12H25NO/c1-11(2)6-5-7-13-8-9-14-10-12(13,3)4/h11H,5-10H2,1-4H3. The SMILES string of the molecule is CC(C)CCCN1CCOCC1(C)C. The topological polar surface area (TPSA) is 12.5 Å². The molecule has 0 N–H and O–H groups in total. The van der Waals surface area contributed by atoms with Crippen molar-refractivity contribution in [3.8, 4) is 0 Å². The second-order valence-corrected chi connectivity index (χ2v) is 5.39. The number of morpholine rings is 1. The molecule has 1 saturated heterocycles. The van der Waals surface area contributed by atoms with Gasteiger partial charge in [0.1, 0.15) is 0 Å². The average Bonchev–Trinajstić information content (AvgIpc) is 2.07. The second-order valence-electron chi connectivity index (χ2n) is 5.39. The summed E-state index contributed by atoms with van der Waals surface area (Å²) in [5, 5.41) is 0. The number of hydrogen-bond donors (Lipinski definition) is 0. The van der Waals surface area contributed by atoms with E-state index >= 15 is 0 Å². The zero-order chi connectivity index (χ0) is 10.6. The van der Waals surface area contributed by atoms with E-state index in [2.05, 4.69) is 32.6 Å². The van der Waals surface area contributed by atoms with Crippen LogP contribution in [-0.2, 0) is 4.74 Å². The Hall–Kier alpha value is -0.0800. The van der Waals surface area contributed by atoms with Crippen LogP contribution in [0.4, 0.5) is 0 Å². The molecule has 1 heterocycles. The Morgan fingerprint density at radius 1 is 1.36 bits per heavy atom. The first-order chi connectivity index (χ1) is 6.52. The molecule has 0 radical (unpaired) electrons. The van der Waals surface area contributed by atoms with Crippen LogP contribution in [0, 0.1) is 5.92 Å². The predicted octanol–water partition coefficient (Wildman–Crippen LogP) is 2.53. The third kappa shape index (κ3) is 3.58. The lowest BCUT2D eigenvalue weighted by Crippen LogP contribution is -2.53. The highest BCUT2D eigenvalue weighted by Crippen LogP contribution is 2.19. The van der Waals surface area contributed by atoms with Crippen molar-refractivity contribution in [3.63, 3.8) is 0 Å². The molecule has 2 heteroatoms. The Kier molecular flexibility index (Phi) is 4.39. The van der Waals surface area contributed by atoms with Crippen molar-refractivity contribution in [2.24, 2.45) is 5.92 Å². The molecule has 0 amide bonds. The van der Waals surface area contributed by atoms with Gasteiger partial charge in [-0.2, -0.15) is 0 Å². The van der Waals surface area contributed by atoms with Crippen LogP contribution >= 0.6 is 0 Å². The molecule has 0 spiro atoms. The zero-order valence-corrected chi connectivity index (χ0v) is 10.2. The van der Waals surface area contributed by atoms with Gasteiger partial charge in [-0.1, -0.05) is 13.8 Å². The zero-order valence-electron chi connectivity index (χ0n) is 10.2. The number of nitrogens with zero attached hydrogens (tertiary/aromatic N) is 1. The number of hydrogen-bond acceptors (Lipinski definition) is 2. The van der Waals surface area contributed by atoms with Crippen molar-refractivity contribution in [3.05, 3.63) is 0 Å². The first-order valence-corrected chi connectivity index (χ1v) is 5.85. The van der Waals surface area contributed by atoms with E-state index in [0.29, 0.717) is 0 Å². The quantitative estimate of drug-likeness (QED) is 0.690. The lowest BCUT2D eigenvalue weighted by Gasteiger charge is -2.42. The first kappa shape index (κ1) is 12.0. The van der Waals surface area contributed by atoms with Crippen LogP contribution < -0.4 is 0 Å². The van der Waals surface area contributed by atoms with Crippen molar-refractivity contribution >= 4 is 0 Å². The Balaban J connectivity index is 2.27.